The van der Waals surface area contributed by atoms with Gasteiger partial charge in [0, 0.05) is 19.3 Å². The van der Waals surface area contributed by atoms with E-state index in [0.29, 0.717) is 0 Å². The zero-order chi connectivity index (χ0) is 12.8. The maximum absolute atomic E-state index is 4.54. The number of likely N-dealkylation sites (tertiary alicyclic amines) is 1. The lowest BCUT2D eigenvalue weighted by atomic mass is 10.1. The van der Waals surface area contributed by atoms with E-state index in [0.717, 1.165) is 32.0 Å². The summed E-state index contributed by atoms with van der Waals surface area (Å²) in [5.74, 6) is 0.818. The second-order valence-corrected chi connectivity index (χ2v) is 5.16. The predicted octanol–water partition coefficient (Wildman–Crippen LogP) is 2.08. The first-order valence-corrected chi connectivity index (χ1v) is 7.19. The number of rotatable bonds is 6. The van der Waals surface area contributed by atoms with E-state index in [2.05, 4.69) is 35.1 Å². The second-order valence-electron chi connectivity index (χ2n) is 5.16. The second kappa shape index (κ2) is 6.86. The van der Waals surface area contributed by atoms with Crippen molar-refractivity contribution in [1.29, 1.82) is 0 Å². The Morgan fingerprint density at radius 2 is 2.33 bits per heavy atom. The lowest BCUT2D eigenvalue weighted by Crippen LogP contribution is -2.26. The third-order valence-electron chi connectivity index (χ3n) is 3.79. The molecule has 1 saturated heterocycles. The number of nitrogens with zero attached hydrogens (tertiary/aromatic N) is 2. The molecule has 1 N–H and O–H groups in total. The van der Waals surface area contributed by atoms with E-state index in [1.807, 2.05) is 12.3 Å². The first-order valence-electron chi connectivity index (χ1n) is 7.19. The number of aromatic nitrogens is 1. The fourth-order valence-corrected chi connectivity index (χ4v) is 2.72. The third kappa shape index (κ3) is 3.53. The van der Waals surface area contributed by atoms with E-state index in [9.17, 15) is 0 Å². The summed E-state index contributed by atoms with van der Waals surface area (Å²) in [6.07, 6.45) is 4.32. The van der Waals surface area contributed by atoms with Gasteiger partial charge >= 0.3 is 0 Å². The standard InChI is InChI=1S/C15H25N3/c1-3-14-6-5-8-17-15(14)12-18-9-7-13(11-18)10-16-4-2/h5-6,8,13,16H,3-4,7,9-12H2,1-2H3. The summed E-state index contributed by atoms with van der Waals surface area (Å²) in [5, 5.41) is 3.45. The van der Waals surface area contributed by atoms with Crippen LogP contribution in [0.15, 0.2) is 18.3 Å². The van der Waals surface area contributed by atoms with E-state index in [1.165, 1.54) is 30.8 Å². The van der Waals surface area contributed by atoms with Crippen molar-refractivity contribution in [3.63, 3.8) is 0 Å². The summed E-state index contributed by atoms with van der Waals surface area (Å²) in [6.45, 7) is 10.1. The average molecular weight is 247 g/mol. The van der Waals surface area contributed by atoms with Crippen molar-refractivity contribution < 1.29 is 0 Å². The highest BCUT2D eigenvalue weighted by Crippen LogP contribution is 2.18. The number of aryl methyl sites for hydroxylation is 1. The summed E-state index contributed by atoms with van der Waals surface area (Å²) in [6, 6.07) is 4.24. The molecule has 0 saturated carbocycles. The molecule has 1 aliphatic rings. The van der Waals surface area contributed by atoms with Gasteiger partial charge in [-0.15, -0.1) is 0 Å². The Kier molecular flexibility index (Phi) is 5.14. The van der Waals surface area contributed by atoms with Crippen molar-refractivity contribution in [2.45, 2.75) is 33.2 Å². The van der Waals surface area contributed by atoms with E-state index in [1.54, 1.807) is 0 Å². The molecule has 0 aliphatic carbocycles. The molecule has 0 spiro atoms. The lowest BCUT2D eigenvalue weighted by molar-refractivity contribution is 0.310. The number of pyridine rings is 1. The number of hydrogen-bond acceptors (Lipinski definition) is 3. The van der Waals surface area contributed by atoms with Crippen molar-refractivity contribution >= 4 is 0 Å². The third-order valence-corrected chi connectivity index (χ3v) is 3.79. The molecular weight excluding hydrogens is 222 g/mol. The van der Waals surface area contributed by atoms with Gasteiger partial charge in [-0.25, -0.2) is 0 Å². The minimum Gasteiger partial charge on any atom is -0.317 e. The summed E-state index contributed by atoms with van der Waals surface area (Å²) in [5.41, 5.74) is 2.66. The summed E-state index contributed by atoms with van der Waals surface area (Å²) in [7, 11) is 0. The summed E-state index contributed by atoms with van der Waals surface area (Å²) in [4.78, 5) is 7.09. The Bertz CT molecular complexity index is 365. The zero-order valence-corrected chi connectivity index (χ0v) is 11.7. The molecule has 100 valence electrons. The van der Waals surface area contributed by atoms with Gasteiger partial charge < -0.3 is 5.32 Å². The van der Waals surface area contributed by atoms with Gasteiger partial charge in [-0.1, -0.05) is 19.9 Å². The van der Waals surface area contributed by atoms with Gasteiger partial charge in [-0.2, -0.15) is 0 Å². The van der Waals surface area contributed by atoms with Gasteiger partial charge in [-0.05, 0) is 50.0 Å². The van der Waals surface area contributed by atoms with E-state index >= 15 is 0 Å². The minimum absolute atomic E-state index is 0.818. The molecule has 3 nitrogen and oxygen atoms in total. The molecule has 0 amide bonds. The van der Waals surface area contributed by atoms with E-state index in [4.69, 9.17) is 0 Å². The molecule has 1 fully saturated rings. The van der Waals surface area contributed by atoms with Crippen LogP contribution in [0.4, 0.5) is 0 Å². The molecular formula is C15H25N3. The highest BCUT2D eigenvalue weighted by atomic mass is 15.2. The minimum atomic E-state index is 0.818. The van der Waals surface area contributed by atoms with Crippen molar-refractivity contribution in [3.8, 4) is 0 Å². The maximum atomic E-state index is 4.54. The number of nitrogens with one attached hydrogen (secondary N) is 1. The van der Waals surface area contributed by atoms with Crippen LogP contribution in [-0.2, 0) is 13.0 Å². The monoisotopic (exact) mass is 247 g/mol. The molecule has 1 atom stereocenters. The number of hydrogen-bond donors (Lipinski definition) is 1. The van der Waals surface area contributed by atoms with Gasteiger partial charge in [0.1, 0.15) is 0 Å². The fourth-order valence-electron chi connectivity index (χ4n) is 2.72. The quantitative estimate of drug-likeness (QED) is 0.834. The molecule has 1 unspecified atom stereocenters. The van der Waals surface area contributed by atoms with Crippen molar-refractivity contribution in [2.24, 2.45) is 5.92 Å². The van der Waals surface area contributed by atoms with Crippen LogP contribution in [0.1, 0.15) is 31.5 Å². The Morgan fingerprint density at radius 1 is 1.44 bits per heavy atom. The molecule has 2 rings (SSSR count). The Morgan fingerprint density at radius 3 is 3.11 bits per heavy atom. The SMILES string of the molecule is CCNCC1CCN(Cc2ncccc2CC)C1. The molecule has 18 heavy (non-hydrogen) atoms. The topological polar surface area (TPSA) is 28.2 Å². The van der Waals surface area contributed by atoms with Crippen molar-refractivity contribution in [2.75, 3.05) is 26.2 Å². The van der Waals surface area contributed by atoms with Gasteiger partial charge in [0.05, 0.1) is 5.69 Å². The van der Waals surface area contributed by atoms with E-state index < -0.39 is 0 Å². The largest absolute Gasteiger partial charge is 0.317 e. The van der Waals surface area contributed by atoms with Gasteiger partial charge in [0.15, 0.2) is 0 Å². The van der Waals surface area contributed by atoms with Crippen LogP contribution in [-0.4, -0.2) is 36.1 Å². The summed E-state index contributed by atoms with van der Waals surface area (Å²) < 4.78 is 0. The molecule has 0 bridgehead atoms. The lowest BCUT2D eigenvalue weighted by Gasteiger charge is -2.17. The summed E-state index contributed by atoms with van der Waals surface area (Å²) >= 11 is 0. The highest BCUT2D eigenvalue weighted by molar-refractivity contribution is 5.19. The van der Waals surface area contributed by atoms with Crippen LogP contribution in [0.25, 0.3) is 0 Å². The molecule has 1 aliphatic heterocycles. The fraction of sp³-hybridized carbons (Fsp3) is 0.667. The predicted molar refractivity (Wildman–Crippen MR) is 75.5 cm³/mol. The Balaban J connectivity index is 1.87. The first-order chi connectivity index (χ1) is 8.83. The van der Waals surface area contributed by atoms with Gasteiger partial charge in [0.25, 0.3) is 0 Å². The van der Waals surface area contributed by atoms with Crippen LogP contribution >= 0.6 is 0 Å². The highest BCUT2D eigenvalue weighted by Gasteiger charge is 2.22. The van der Waals surface area contributed by atoms with Crippen LogP contribution in [0, 0.1) is 5.92 Å². The normalized spacial score (nSPS) is 20.4. The molecule has 1 aromatic heterocycles. The zero-order valence-electron chi connectivity index (χ0n) is 11.7. The van der Waals surface area contributed by atoms with Gasteiger partial charge in [0.2, 0.25) is 0 Å². The maximum Gasteiger partial charge on any atom is 0.0575 e. The molecule has 2 heterocycles. The van der Waals surface area contributed by atoms with Crippen molar-refractivity contribution in [1.82, 2.24) is 15.2 Å². The first kappa shape index (κ1) is 13.5. The van der Waals surface area contributed by atoms with Crippen LogP contribution in [0.3, 0.4) is 0 Å². The molecule has 1 aromatic rings. The Hall–Kier alpha value is -0.930. The molecule has 3 heteroatoms. The van der Waals surface area contributed by atoms with Crippen LogP contribution in [0.2, 0.25) is 0 Å². The van der Waals surface area contributed by atoms with Gasteiger partial charge in [-0.3, -0.25) is 9.88 Å². The Labute approximate surface area is 111 Å². The van der Waals surface area contributed by atoms with Crippen LogP contribution < -0.4 is 5.32 Å². The molecule has 0 aromatic carbocycles. The van der Waals surface area contributed by atoms with Crippen molar-refractivity contribution in [3.05, 3.63) is 29.6 Å². The van der Waals surface area contributed by atoms with E-state index in [-0.39, 0.29) is 0 Å². The van der Waals surface area contributed by atoms with Crippen LogP contribution in [0.5, 0.6) is 0 Å². The smallest absolute Gasteiger partial charge is 0.0575 e. The molecule has 0 radical (unpaired) electrons. The average Bonchev–Trinajstić information content (AvgIpc) is 2.84.